The van der Waals surface area contributed by atoms with Gasteiger partial charge < -0.3 is 11.1 Å². The van der Waals surface area contributed by atoms with Crippen molar-refractivity contribution in [1.29, 1.82) is 0 Å². The molecule has 0 radical (unpaired) electrons. The summed E-state index contributed by atoms with van der Waals surface area (Å²) in [5, 5.41) is 3.39. The highest BCUT2D eigenvalue weighted by Gasteiger charge is 2.13. The Bertz CT molecular complexity index is 256. The topological polar surface area (TPSA) is 50.9 Å². The Hall–Kier alpha value is -0.930. The number of hydrogen-bond donors (Lipinski definition) is 2. The van der Waals surface area contributed by atoms with Crippen LogP contribution in [-0.2, 0) is 6.42 Å². The molecule has 0 spiro atoms. The third kappa shape index (κ3) is 3.85. The lowest BCUT2D eigenvalue weighted by Gasteiger charge is -2.24. The van der Waals surface area contributed by atoms with E-state index >= 15 is 0 Å². The number of nitrogens with one attached hydrogen (secondary N) is 1. The first kappa shape index (κ1) is 11.1. The summed E-state index contributed by atoms with van der Waals surface area (Å²) < 4.78 is 0. The van der Waals surface area contributed by atoms with Gasteiger partial charge in [0, 0.05) is 36.9 Å². The number of pyridine rings is 1. The van der Waals surface area contributed by atoms with Crippen molar-refractivity contribution in [3.63, 3.8) is 0 Å². The van der Waals surface area contributed by atoms with Crippen molar-refractivity contribution in [3.05, 3.63) is 30.1 Å². The number of nitrogens with zero attached hydrogens (tertiary/aromatic N) is 1. The van der Waals surface area contributed by atoms with Gasteiger partial charge in [-0.1, -0.05) is 6.07 Å². The van der Waals surface area contributed by atoms with E-state index in [-0.39, 0.29) is 5.54 Å². The van der Waals surface area contributed by atoms with Gasteiger partial charge in [0.2, 0.25) is 0 Å². The molecule has 0 saturated carbocycles. The second-order valence-electron chi connectivity index (χ2n) is 4.09. The van der Waals surface area contributed by atoms with E-state index in [1.807, 2.05) is 24.4 Å². The minimum atomic E-state index is 0.0226. The van der Waals surface area contributed by atoms with Crippen LogP contribution in [0.1, 0.15) is 19.5 Å². The maximum Gasteiger partial charge on any atom is 0.0416 e. The highest BCUT2D eigenvalue weighted by molar-refractivity contribution is 5.03. The van der Waals surface area contributed by atoms with E-state index in [9.17, 15) is 0 Å². The van der Waals surface area contributed by atoms with Gasteiger partial charge in [0.15, 0.2) is 0 Å². The van der Waals surface area contributed by atoms with Crippen LogP contribution in [0.4, 0.5) is 0 Å². The maximum absolute atomic E-state index is 5.61. The van der Waals surface area contributed by atoms with Crippen molar-refractivity contribution >= 4 is 0 Å². The summed E-state index contributed by atoms with van der Waals surface area (Å²) in [4.78, 5) is 4.25. The van der Waals surface area contributed by atoms with Crippen LogP contribution in [0.25, 0.3) is 0 Å². The van der Waals surface area contributed by atoms with Crippen LogP contribution in [0.15, 0.2) is 24.4 Å². The Balaban J connectivity index is 2.29. The van der Waals surface area contributed by atoms with Crippen LogP contribution in [0.2, 0.25) is 0 Å². The van der Waals surface area contributed by atoms with Crippen molar-refractivity contribution in [2.24, 2.45) is 5.73 Å². The van der Waals surface area contributed by atoms with Crippen LogP contribution in [0, 0.1) is 0 Å². The highest BCUT2D eigenvalue weighted by Crippen LogP contribution is 1.99. The molecule has 3 nitrogen and oxygen atoms in total. The average Bonchev–Trinajstić information content (AvgIpc) is 2.19. The summed E-state index contributed by atoms with van der Waals surface area (Å²) in [6.07, 6.45) is 2.77. The Morgan fingerprint density at radius 3 is 2.79 bits per heavy atom. The molecule has 14 heavy (non-hydrogen) atoms. The minimum Gasteiger partial charge on any atom is -0.329 e. The molecule has 0 unspecified atom stereocenters. The zero-order valence-electron chi connectivity index (χ0n) is 8.96. The average molecular weight is 193 g/mol. The molecular formula is C11H19N3. The summed E-state index contributed by atoms with van der Waals surface area (Å²) in [7, 11) is 0. The van der Waals surface area contributed by atoms with Crippen molar-refractivity contribution < 1.29 is 0 Å². The monoisotopic (exact) mass is 193 g/mol. The summed E-state index contributed by atoms with van der Waals surface area (Å²) in [5.41, 5.74) is 6.75. The fourth-order valence-electron chi connectivity index (χ4n) is 1.15. The molecule has 0 bridgehead atoms. The van der Waals surface area contributed by atoms with E-state index in [1.54, 1.807) is 0 Å². The summed E-state index contributed by atoms with van der Waals surface area (Å²) in [6, 6.07) is 5.98. The molecule has 0 saturated heterocycles. The first-order valence-electron chi connectivity index (χ1n) is 4.99. The largest absolute Gasteiger partial charge is 0.329 e. The van der Waals surface area contributed by atoms with E-state index in [0.29, 0.717) is 6.54 Å². The molecule has 1 aromatic heterocycles. The Kier molecular flexibility index (Phi) is 4.04. The fraction of sp³-hybridized carbons (Fsp3) is 0.545. The fourth-order valence-corrected chi connectivity index (χ4v) is 1.15. The number of nitrogens with two attached hydrogens (primary N) is 1. The standard InChI is InChI=1S/C11H19N3/c1-11(2,9-12)14-8-6-10-5-3-4-7-13-10/h3-5,7,14H,6,8-9,12H2,1-2H3. The van der Waals surface area contributed by atoms with Gasteiger partial charge in [0.05, 0.1) is 0 Å². The van der Waals surface area contributed by atoms with Gasteiger partial charge in [0.1, 0.15) is 0 Å². The highest BCUT2D eigenvalue weighted by atomic mass is 15.0. The normalized spacial score (nSPS) is 11.6. The molecule has 3 N–H and O–H groups in total. The predicted molar refractivity (Wildman–Crippen MR) is 59.1 cm³/mol. The second kappa shape index (κ2) is 5.08. The molecule has 0 atom stereocenters. The second-order valence-corrected chi connectivity index (χ2v) is 4.09. The smallest absolute Gasteiger partial charge is 0.0416 e. The first-order valence-corrected chi connectivity index (χ1v) is 4.99. The van der Waals surface area contributed by atoms with Gasteiger partial charge in [-0.15, -0.1) is 0 Å². The van der Waals surface area contributed by atoms with Gasteiger partial charge in [-0.25, -0.2) is 0 Å². The van der Waals surface area contributed by atoms with Crippen molar-refractivity contribution in [3.8, 4) is 0 Å². The Morgan fingerprint density at radius 1 is 1.43 bits per heavy atom. The zero-order chi connectivity index (χ0) is 10.4. The van der Waals surface area contributed by atoms with Gasteiger partial charge in [-0.05, 0) is 26.0 Å². The van der Waals surface area contributed by atoms with Crippen molar-refractivity contribution in [1.82, 2.24) is 10.3 Å². The van der Waals surface area contributed by atoms with Crippen LogP contribution in [-0.4, -0.2) is 23.6 Å². The molecule has 0 fully saturated rings. The van der Waals surface area contributed by atoms with Gasteiger partial charge in [0.25, 0.3) is 0 Å². The Labute approximate surface area is 85.7 Å². The van der Waals surface area contributed by atoms with Crippen LogP contribution < -0.4 is 11.1 Å². The summed E-state index contributed by atoms with van der Waals surface area (Å²) >= 11 is 0. The van der Waals surface area contributed by atoms with E-state index in [4.69, 9.17) is 5.73 Å². The molecule has 1 aromatic rings. The van der Waals surface area contributed by atoms with Crippen LogP contribution in [0.5, 0.6) is 0 Å². The quantitative estimate of drug-likeness (QED) is 0.732. The lowest BCUT2D eigenvalue weighted by atomic mass is 10.1. The molecule has 0 aliphatic carbocycles. The van der Waals surface area contributed by atoms with Gasteiger partial charge >= 0.3 is 0 Å². The molecule has 0 amide bonds. The van der Waals surface area contributed by atoms with E-state index < -0.39 is 0 Å². The van der Waals surface area contributed by atoms with E-state index in [1.165, 1.54) is 0 Å². The zero-order valence-corrected chi connectivity index (χ0v) is 8.96. The first-order chi connectivity index (χ1) is 6.64. The molecular weight excluding hydrogens is 174 g/mol. The lowest BCUT2D eigenvalue weighted by molar-refractivity contribution is 0.401. The van der Waals surface area contributed by atoms with Crippen LogP contribution >= 0.6 is 0 Å². The minimum absolute atomic E-state index is 0.0226. The number of aromatic nitrogens is 1. The molecule has 3 heteroatoms. The summed E-state index contributed by atoms with van der Waals surface area (Å²) in [5.74, 6) is 0. The number of hydrogen-bond acceptors (Lipinski definition) is 3. The van der Waals surface area contributed by atoms with Crippen molar-refractivity contribution in [2.75, 3.05) is 13.1 Å². The van der Waals surface area contributed by atoms with Crippen molar-refractivity contribution in [2.45, 2.75) is 25.8 Å². The Morgan fingerprint density at radius 2 is 2.21 bits per heavy atom. The maximum atomic E-state index is 5.61. The predicted octanol–water partition coefficient (Wildman–Crippen LogP) is 0.951. The van der Waals surface area contributed by atoms with Crippen LogP contribution in [0.3, 0.4) is 0 Å². The van der Waals surface area contributed by atoms with Gasteiger partial charge in [-0.3, -0.25) is 4.98 Å². The molecule has 0 aliphatic rings. The third-order valence-corrected chi connectivity index (χ3v) is 2.22. The SMILES string of the molecule is CC(C)(CN)NCCc1ccccn1. The molecule has 1 heterocycles. The molecule has 0 aliphatic heterocycles. The number of rotatable bonds is 5. The summed E-state index contributed by atoms with van der Waals surface area (Å²) in [6.45, 7) is 5.77. The third-order valence-electron chi connectivity index (χ3n) is 2.22. The lowest BCUT2D eigenvalue weighted by Crippen LogP contribution is -2.46. The van der Waals surface area contributed by atoms with Gasteiger partial charge in [-0.2, -0.15) is 0 Å². The van der Waals surface area contributed by atoms with E-state index in [2.05, 4.69) is 24.1 Å². The van der Waals surface area contributed by atoms with E-state index in [0.717, 1.165) is 18.7 Å². The molecule has 1 rings (SSSR count). The molecule has 78 valence electrons. The molecule has 0 aromatic carbocycles.